The van der Waals surface area contributed by atoms with Crippen LogP contribution < -0.4 is 0 Å². The molecule has 1 saturated carbocycles. The molecule has 0 spiro atoms. The van der Waals surface area contributed by atoms with E-state index in [2.05, 4.69) is 49.4 Å². The van der Waals surface area contributed by atoms with Crippen LogP contribution in [-0.2, 0) is 16.1 Å². The first-order chi connectivity index (χ1) is 18.5. The summed E-state index contributed by atoms with van der Waals surface area (Å²) in [6.45, 7) is 2.65. The highest BCUT2D eigenvalue weighted by atomic mass is 16.5. The molecule has 38 heavy (non-hydrogen) atoms. The highest BCUT2D eigenvalue weighted by Gasteiger charge is 2.42. The maximum Gasteiger partial charge on any atom is 0.327 e. The van der Waals surface area contributed by atoms with Crippen molar-refractivity contribution in [2.75, 3.05) is 0 Å². The second-order valence-corrected chi connectivity index (χ2v) is 10.5. The molecule has 0 amide bonds. The van der Waals surface area contributed by atoms with Gasteiger partial charge in [0, 0.05) is 12.5 Å². The lowest BCUT2D eigenvalue weighted by atomic mass is 9.85. The molecule has 0 radical (unpaired) electrons. The summed E-state index contributed by atoms with van der Waals surface area (Å²) < 4.78 is 6.40. The predicted molar refractivity (Wildman–Crippen MR) is 153 cm³/mol. The lowest BCUT2D eigenvalue weighted by Gasteiger charge is -2.25. The zero-order valence-electron chi connectivity index (χ0n) is 22.6. The van der Waals surface area contributed by atoms with Crippen molar-refractivity contribution in [2.24, 2.45) is 11.8 Å². The minimum Gasteiger partial charge on any atom is -0.478 e. The van der Waals surface area contributed by atoms with Gasteiger partial charge in [0.15, 0.2) is 0 Å². The van der Waals surface area contributed by atoms with Gasteiger partial charge in [-0.2, -0.15) is 0 Å². The Bertz CT molecular complexity index is 998. The van der Waals surface area contributed by atoms with Gasteiger partial charge in [-0.15, -0.1) is 0 Å². The fourth-order valence-electron chi connectivity index (χ4n) is 5.46. The molecule has 0 aromatic heterocycles. The van der Waals surface area contributed by atoms with E-state index in [4.69, 9.17) is 9.84 Å². The third-order valence-corrected chi connectivity index (χ3v) is 7.60. The SMILES string of the molecule is CCCCC[C@@H](O)CC[C@@H]1[C@@H](CC=CCC=CC(=O)O)[C@@H](OCc2ccc(-c3ccccc3)cc2)C[C@H]1O. The number of allylic oxidation sites excluding steroid dienone is 3. The second kappa shape index (κ2) is 16.3. The highest BCUT2D eigenvalue weighted by molar-refractivity contribution is 5.79. The Morgan fingerprint density at radius 2 is 1.71 bits per heavy atom. The van der Waals surface area contributed by atoms with E-state index in [1.807, 2.05) is 24.3 Å². The Labute approximate surface area is 227 Å². The van der Waals surface area contributed by atoms with E-state index in [0.717, 1.165) is 50.2 Å². The molecule has 0 saturated heterocycles. The minimum atomic E-state index is -0.944. The molecule has 5 nitrogen and oxygen atoms in total. The van der Waals surface area contributed by atoms with Crippen LogP contribution in [0.4, 0.5) is 0 Å². The summed E-state index contributed by atoms with van der Waals surface area (Å²) in [5.41, 5.74) is 3.45. The Kier molecular flexibility index (Phi) is 12.8. The van der Waals surface area contributed by atoms with Crippen LogP contribution in [0.1, 0.15) is 70.3 Å². The van der Waals surface area contributed by atoms with Crippen LogP contribution in [0.2, 0.25) is 0 Å². The van der Waals surface area contributed by atoms with Crippen LogP contribution >= 0.6 is 0 Å². The minimum absolute atomic E-state index is 0.0692. The van der Waals surface area contributed by atoms with Gasteiger partial charge in [0.2, 0.25) is 0 Å². The van der Waals surface area contributed by atoms with Crippen molar-refractivity contribution in [3.8, 4) is 11.1 Å². The van der Waals surface area contributed by atoms with Gasteiger partial charge in [-0.05, 0) is 60.6 Å². The van der Waals surface area contributed by atoms with Crippen molar-refractivity contribution < 1.29 is 24.9 Å². The number of aliphatic hydroxyl groups is 2. The lowest BCUT2D eigenvalue weighted by Crippen LogP contribution is -2.25. The van der Waals surface area contributed by atoms with Crippen molar-refractivity contribution in [1.29, 1.82) is 0 Å². The third kappa shape index (κ3) is 9.86. The van der Waals surface area contributed by atoms with Crippen LogP contribution in [0.3, 0.4) is 0 Å². The van der Waals surface area contributed by atoms with Gasteiger partial charge in [0.1, 0.15) is 0 Å². The standard InChI is InChI=1S/C33H44O5/c1-2-3-7-14-28(34)21-22-29-30(15-10-4-5-11-16-33(36)37)32(23-31(29)35)38-24-25-17-19-27(20-18-25)26-12-8-6-9-13-26/h4,6,8-13,16-20,28-32,34-35H,2-3,5,7,14-15,21-24H2,1H3,(H,36,37)/t28-,29-,30-,31-,32+/m1/s1. The number of rotatable bonds is 16. The normalized spacial score (nSPS) is 22.4. The molecule has 0 unspecified atom stereocenters. The zero-order chi connectivity index (χ0) is 27.2. The number of aliphatic carboxylic acids is 1. The monoisotopic (exact) mass is 520 g/mol. The van der Waals surface area contributed by atoms with Crippen LogP contribution in [0.15, 0.2) is 78.9 Å². The molecule has 0 bridgehead atoms. The quantitative estimate of drug-likeness (QED) is 0.127. The summed E-state index contributed by atoms with van der Waals surface area (Å²) in [5.74, 6) is -0.725. The first kappa shape index (κ1) is 29.8. The van der Waals surface area contributed by atoms with Gasteiger partial charge in [0.05, 0.1) is 24.9 Å². The molecule has 1 aliphatic rings. The van der Waals surface area contributed by atoms with Crippen LogP contribution in [0, 0.1) is 11.8 Å². The van der Waals surface area contributed by atoms with Gasteiger partial charge >= 0.3 is 5.97 Å². The summed E-state index contributed by atoms with van der Waals surface area (Å²) in [6.07, 6.45) is 13.5. The third-order valence-electron chi connectivity index (χ3n) is 7.60. The van der Waals surface area contributed by atoms with E-state index in [-0.39, 0.29) is 24.0 Å². The summed E-state index contributed by atoms with van der Waals surface area (Å²) in [7, 11) is 0. The van der Waals surface area contributed by atoms with Gasteiger partial charge in [-0.25, -0.2) is 4.79 Å². The average molecular weight is 521 g/mol. The lowest BCUT2D eigenvalue weighted by molar-refractivity contribution is -0.131. The average Bonchev–Trinajstić information content (AvgIpc) is 3.22. The number of ether oxygens (including phenoxy) is 1. The molecule has 5 heteroatoms. The molecule has 2 aromatic carbocycles. The van der Waals surface area contributed by atoms with E-state index in [1.54, 1.807) is 6.08 Å². The highest BCUT2D eigenvalue weighted by Crippen LogP contribution is 2.40. The first-order valence-electron chi connectivity index (χ1n) is 14.1. The molecule has 0 heterocycles. The summed E-state index contributed by atoms with van der Waals surface area (Å²) >= 11 is 0. The number of carbonyl (C=O) groups is 1. The first-order valence-corrected chi connectivity index (χ1v) is 14.1. The van der Waals surface area contributed by atoms with E-state index in [1.165, 1.54) is 11.1 Å². The van der Waals surface area contributed by atoms with Gasteiger partial charge < -0.3 is 20.1 Å². The maximum absolute atomic E-state index is 11.0. The van der Waals surface area contributed by atoms with Gasteiger partial charge in [-0.1, -0.05) is 99.0 Å². The van der Waals surface area contributed by atoms with Crippen LogP contribution in [0.5, 0.6) is 0 Å². The molecule has 0 aliphatic heterocycles. The van der Waals surface area contributed by atoms with E-state index in [9.17, 15) is 15.0 Å². The Morgan fingerprint density at radius 3 is 2.42 bits per heavy atom. The van der Waals surface area contributed by atoms with Gasteiger partial charge in [-0.3, -0.25) is 0 Å². The van der Waals surface area contributed by atoms with Crippen molar-refractivity contribution in [2.45, 2.75) is 89.6 Å². The molecular formula is C33H44O5. The van der Waals surface area contributed by atoms with Crippen molar-refractivity contribution in [3.63, 3.8) is 0 Å². The largest absolute Gasteiger partial charge is 0.478 e. The molecule has 3 N–H and O–H groups in total. The number of unbranched alkanes of at least 4 members (excludes halogenated alkanes) is 2. The number of benzene rings is 2. The van der Waals surface area contributed by atoms with Crippen molar-refractivity contribution in [1.82, 2.24) is 0 Å². The number of hydrogen-bond acceptors (Lipinski definition) is 4. The Balaban J connectivity index is 1.60. The summed E-state index contributed by atoms with van der Waals surface area (Å²) in [5, 5.41) is 30.2. The van der Waals surface area contributed by atoms with E-state index < -0.39 is 12.1 Å². The Hall–Kier alpha value is -2.73. The molecular weight excluding hydrogens is 476 g/mol. The molecule has 1 fully saturated rings. The summed E-state index contributed by atoms with van der Waals surface area (Å²) in [6, 6.07) is 18.7. The number of hydrogen-bond donors (Lipinski definition) is 3. The fourth-order valence-corrected chi connectivity index (χ4v) is 5.46. The molecule has 5 atom stereocenters. The second-order valence-electron chi connectivity index (χ2n) is 10.5. The summed E-state index contributed by atoms with van der Waals surface area (Å²) in [4.78, 5) is 10.7. The number of carboxylic acid groups (broad SMARTS) is 1. The smallest absolute Gasteiger partial charge is 0.327 e. The molecule has 3 rings (SSSR count). The van der Waals surface area contributed by atoms with E-state index >= 15 is 0 Å². The van der Waals surface area contributed by atoms with Crippen LogP contribution in [0.25, 0.3) is 11.1 Å². The molecule has 2 aromatic rings. The van der Waals surface area contributed by atoms with Crippen molar-refractivity contribution >= 4 is 5.97 Å². The maximum atomic E-state index is 11.0. The van der Waals surface area contributed by atoms with Crippen LogP contribution in [-0.4, -0.2) is 39.6 Å². The number of carboxylic acids is 1. The van der Waals surface area contributed by atoms with Crippen molar-refractivity contribution in [3.05, 3.63) is 84.5 Å². The van der Waals surface area contributed by atoms with Gasteiger partial charge in [0.25, 0.3) is 0 Å². The topological polar surface area (TPSA) is 87.0 Å². The number of aliphatic hydroxyl groups excluding tert-OH is 2. The molecule has 1 aliphatic carbocycles. The van der Waals surface area contributed by atoms with E-state index in [0.29, 0.717) is 25.9 Å². The fraction of sp³-hybridized carbons (Fsp3) is 0.485. The zero-order valence-corrected chi connectivity index (χ0v) is 22.6. The predicted octanol–water partition coefficient (Wildman–Crippen LogP) is 6.93. The molecule has 206 valence electrons. The Morgan fingerprint density at radius 1 is 0.974 bits per heavy atom.